The molecule has 1 spiro atoms. The van der Waals surface area contributed by atoms with Crippen LogP contribution in [-0.4, -0.2) is 89.6 Å². The fourth-order valence-electron chi connectivity index (χ4n) is 6.82. The van der Waals surface area contributed by atoms with Gasteiger partial charge < -0.3 is 33.9 Å². The summed E-state index contributed by atoms with van der Waals surface area (Å²) in [6.07, 6.45) is 0.604. The van der Waals surface area contributed by atoms with Gasteiger partial charge in [-0.1, -0.05) is 6.07 Å². The molecular weight excluding hydrogens is 670 g/mol. The lowest BCUT2D eigenvalue weighted by Gasteiger charge is -2.27. The highest BCUT2D eigenvalue weighted by atomic mass is 16.6. The Bertz CT molecular complexity index is 2080. The number of carbonyl (C=O) groups is 3. The summed E-state index contributed by atoms with van der Waals surface area (Å²) in [5.41, 5.74) is -0.250. The number of hydrogen-bond donors (Lipinski definition) is 1. The molecule has 2 amide bonds. The van der Waals surface area contributed by atoms with E-state index in [1.165, 1.54) is 11.8 Å². The Balaban J connectivity index is 1.29. The lowest BCUT2D eigenvalue weighted by atomic mass is 9.91. The second kappa shape index (κ2) is 12.7. The molecule has 2 aromatic heterocycles. The van der Waals surface area contributed by atoms with Gasteiger partial charge in [0.2, 0.25) is 11.9 Å². The van der Waals surface area contributed by atoms with Crippen molar-refractivity contribution in [2.75, 3.05) is 55.6 Å². The maximum Gasteiger partial charge on any atom is 0.435 e. The molecule has 2 fully saturated rings. The van der Waals surface area contributed by atoms with E-state index in [-0.39, 0.29) is 11.8 Å². The van der Waals surface area contributed by atoms with E-state index in [4.69, 9.17) is 28.7 Å². The lowest BCUT2D eigenvalue weighted by Crippen LogP contribution is -2.41. The number of amides is 2. The number of anilines is 4. The topological polar surface area (TPSA) is 159 Å². The molecule has 52 heavy (non-hydrogen) atoms. The number of fused-ring (bicyclic) bond motifs is 3. The molecule has 274 valence electrons. The highest BCUT2D eigenvalue weighted by molar-refractivity contribution is 6.23. The standard InChI is InChI=1S/C37H43N7O8/c1-35(2,3)51-33(46)43-26-12-10-22(48-7)18-24(26)37(31(43)45)19-25(37)21-9-11-23-27(17-21)44(34(47)52-36(4,5)6)41-29(23)39-30-28(49-8)20-38-32(40-30)42-13-15-50-16-14-42/h9-12,17-18,20,25H,13-16,19H2,1-8H3,(H,38,39,40,41)/t25-,37-/m0/s1. The SMILES string of the molecule is COc1ccc2c(c1)[C@]1(C[C@H]1c1ccc3c(Nc4nc(N5CCOCC5)ncc4OC)nn(C(=O)OC(C)(C)C)c3c1)C(=O)N2C(=O)OC(C)(C)C. The Hall–Kier alpha value is -5.44. The van der Waals surface area contributed by atoms with Gasteiger partial charge in [-0.25, -0.2) is 19.5 Å². The molecule has 2 aliphatic heterocycles. The van der Waals surface area contributed by atoms with Gasteiger partial charge >= 0.3 is 12.2 Å². The molecular formula is C37H43N7O8. The van der Waals surface area contributed by atoms with Crippen molar-refractivity contribution in [2.45, 2.75) is 70.5 Å². The first-order valence-corrected chi connectivity index (χ1v) is 17.2. The summed E-state index contributed by atoms with van der Waals surface area (Å²) in [6, 6.07) is 10.8. The molecule has 7 rings (SSSR count). The summed E-state index contributed by atoms with van der Waals surface area (Å²) in [7, 11) is 3.08. The van der Waals surface area contributed by atoms with E-state index >= 15 is 0 Å². The van der Waals surface area contributed by atoms with Crippen LogP contribution in [0.25, 0.3) is 10.9 Å². The quantitative estimate of drug-likeness (QED) is 0.251. The third kappa shape index (κ3) is 6.22. The Kier molecular flexibility index (Phi) is 8.51. The summed E-state index contributed by atoms with van der Waals surface area (Å²) in [5, 5.41) is 8.54. The molecule has 15 heteroatoms. The van der Waals surface area contributed by atoms with Crippen LogP contribution >= 0.6 is 0 Å². The van der Waals surface area contributed by atoms with Crippen LogP contribution in [0, 0.1) is 0 Å². The zero-order valence-electron chi connectivity index (χ0n) is 30.6. The van der Waals surface area contributed by atoms with Gasteiger partial charge in [0.25, 0.3) is 0 Å². The Labute approximate surface area is 301 Å². The van der Waals surface area contributed by atoms with Crippen LogP contribution in [0.5, 0.6) is 11.5 Å². The molecule has 4 aromatic rings. The lowest BCUT2D eigenvalue weighted by molar-refractivity contribution is -0.120. The maximum atomic E-state index is 14.3. The fraction of sp³-hybridized carbons (Fsp3) is 0.459. The Morgan fingerprint density at radius 2 is 1.63 bits per heavy atom. The highest BCUT2D eigenvalue weighted by Crippen LogP contribution is 2.67. The number of methoxy groups -OCH3 is 2. The minimum Gasteiger partial charge on any atom is -0.497 e. The first-order valence-electron chi connectivity index (χ1n) is 17.2. The number of aromatic nitrogens is 4. The smallest absolute Gasteiger partial charge is 0.435 e. The number of rotatable bonds is 6. The molecule has 1 N–H and O–H groups in total. The van der Waals surface area contributed by atoms with Crippen molar-refractivity contribution in [1.82, 2.24) is 19.7 Å². The Morgan fingerprint density at radius 3 is 2.31 bits per heavy atom. The summed E-state index contributed by atoms with van der Waals surface area (Å²) in [5.74, 6) is 1.47. The van der Waals surface area contributed by atoms with Crippen molar-refractivity contribution in [1.29, 1.82) is 0 Å². The number of hydrogen-bond acceptors (Lipinski definition) is 13. The van der Waals surface area contributed by atoms with Crippen molar-refractivity contribution in [2.24, 2.45) is 0 Å². The zero-order valence-corrected chi connectivity index (χ0v) is 30.6. The molecule has 4 heterocycles. The second-order valence-electron chi connectivity index (χ2n) is 15.1. The van der Waals surface area contributed by atoms with E-state index in [1.54, 1.807) is 67.0 Å². The van der Waals surface area contributed by atoms with Gasteiger partial charge in [-0.15, -0.1) is 5.10 Å². The number of nitrogens with zero attached hydrogens (tertiary/aromatic N) is 6. The normalized spacial score (nSPS) is 19.8. The third-order valence-electron chi connectivity index (χ3n) is 9.21. The summed E-state index contributed by atoms with van der Waals surface area (Å²) in [4.78, 5) is 53.7. The molecule has 3 aliphatic rings. The molecule has 2 atom stereocenters. The second-order valence-corrected chi connectivity index (χ2v) is 15.1. The van der Waals surface area contributed by atoms with Gasteiger partial charge in [-0.2, -0.15) is 9.67 Å². The zero-order chi connectivity index (χ0) is 37.2. The van der Waals surface area contributed by atoms with E-state index in [2.05, 4.69) is 15.4 Å². The number of imide groups is 1. The number of ether oxygens (including phenoxy) is 5. The number of benzene rings is 2. The van der Waals surface area contributed by atoms with Crippen LogP contribution in [-0.2, 0) is 24.4 Å². The van der Waals surface area contributed by atoms with Gasteiger partial charge in [0.05, 0.1) is 50.2 Å². The third-order valence-corrected chi connectivity index (χ3v) is 9.21. The number of morpholine rings is 1. The number of carbonyl (C=O) groups excluding carboxylic acids is 3. The molecule has 1 aliphatic carbocycles. The molecule has 15 nitrogen and oxygen atoms in total. The van der Waals surface area contributed by atoms with E-state index in [0.717, 1.165) is 10.5 Å². The van der Waals surface area contributed by atoms with Gasteiger partial charge in [0.15, 0.2) is 17.4 Å². The monoisotopic (exact) mass is 713 g/mol. The van der Waals surface area contributed by atoms with Crippen LogP contribution in [0.15, 0.2) is 42.6 Å². The fourth-order valence-corrected chi connectivity index (χ4v) is 6.82. The van der Waals surface area contributed by atoms with E-state index in [0.29, 0.717) is 84.0 Å². The predicted molar refractivity (Wildman–Crippen MR) is 192 cm³/mol. The summed E-state index contributed by atoms with van der Waals surface area (Å²) < 4.78 is 29.2. The largest absolute Gasteiger partial charge is 0.497 e. The van der Waals surface area contributed by atoms with Crippen LogP contribution < -0.4 is 24.6 Å². The molecule has 0 bridgehead atoms. The molecule has 0 unspecified atom stereocenters. The average Bonchev–Trinajstić information content (AvgIpc) is 3.68. The van der Waals surface area contributed by atoms with Gasteiger partial charge in [0, 0.05) is 24.4 Å². The predicted octanol–water partition coefficient (Wildman–Crippen LogP) is 5.91. The molecule has 1 saturated carbocycles. The van der Waals surface area contributed by atoms with Crippen LogP contribution in [0.4, 0.5) is 32.9 Å². The van der Waals surface area contributed by atoms with Crippen LogP contribution in [0.2, 0.25) is 0 Å². The summed E-state index contributed by atoms with van der Waals surface area (Å²) in [6.45, 7) is 13.0. The maximum absolute atomic E-state index is 14.3. The Morgan fingerprint density at radius 1 is 0.923 bits per heavy atom. The van der Waals surface area contributed by atoms with Crippen LogP contribution in [0.1, 0.15) is 65.0 Å². The number of nitrogens with one attached hydrogen (secondary N) is 1. The van der Waals surface area contributed by atoms with Crippen molar-refractivity contribution in [3.8, 4) is 11.5 Å². The first-order chi connectivity index (χ1) is 24.6. The average molecular weight is 714 g/mol. The molecule has 2 aromatic carbocycles. The van der Waals surface area contributed by atoms with Crippen molar-refractivity contribution in [3.05, 3.63) is 53.7 Å². The van der Waals surface area contributed by atoms with Crippen molar-refractivity contribution < 1.29 is 38.1 Å². The van der Waals surface area contributed by atoms with Crippen molar-refractivity contribution in [3.63, 3.8) is 0 Å². The van der Waals surface area contributed by atoms with Crippen molar-refractivity contribution >= 4 is 52.3 Å². The highest BCUT2D eigenvalue weighted by Gasteiger charge is 2.68. The molecule has 0 radical (unpaired) electrons. The van der Waals surface area contributed by atoms with Crippen LogP contribution in [0.3, 0.4) is 0 Å². The summed E-state index contributed by atoms with van der Waals surface area (Å²) >= 11 is 0. The minimum atomic E-state index is -1.03. The van der Waals surface area contributed by atoms with E-state index in [1.807, 2.05) is 29.2 Å². The van der Waals surface area contributed by atoms with Gasteiger partial charge in [0.1, 0.15) is 17.0 Å². The molecule has 1 saturated heterocycles. The minimum absolute atomic E-state index is 0.320. The van der Waals surface area contributed by atoms with E-state index < -0.39 is 28.8 Å². The van der Waals surface area contributed by atoms with E-state index in [9.17, 15) is 14.4 Å². The van der Waals surface area contributed by atoms with Gasteiger partial charge in [-0.05, 0) is 89.4 Å². The first kappa shape index (κ1) is 35.0. The van der Waals surface area contributed by atoms with Gasteiger partial charge in [-0.3, -0.25) is 4.79 Å².